The van der Waals surface area contributed by atoms with Crippen LogP contribution in [0.3, 0.4) is 0 Å². The van der Waals surface area contributed by atoms with E-state index in [1.54, 1.807) is 34.9 Å². The summed E-state index contributed by atoms with van der Waals surface area (Å²) >= 11 is 0. The first-order valence-corrected chi connectivity index (χ1v) is 10.5. The van der Waals surface area contributed by atoms with Crippen LogP contribution < -0.4 is 5.32 Å². The van der Waals surface area contributed by atoms with Gasteiger partial charge in [-0.2, -0.15) is 0 Å². The normalized spacial score (nSPS) is 22.4. The Bertz CT molecular complexity index is 666. The van der Waals surface area contributed by atoms with Crippen molar-refractivity contribution in [1.82, 2.24) is 15.1 Å². The van der Waals surface area contributed by atoms with Gasteiger partial charge in [0.2, 0.25) is 11.8 Å². The van der Waals surface area contributed by atoms with Gasteiger partial charge < -0.3 is 19.9 Å². The van der Waals surface area contributed by atoms with E-state index in [9.17, 15) is 23.6 Å². The van der Waals surface area contributed by atoms with Crippen LogP contribution in [0.4, 0.5) is 9.18 Å². The van der Waals surface area contributed by atoms with Crippen molar-refractivity contribution in [2.24, 2.45) is 11.8 Å². The van der Waals surface area contributed by atoms with Gasteiger partial charge >= 0.3 is 6.09 Å². The molecule has 0 aromatic heterocycles. The number of amides is 3. The van der Waals surface area contributed by atoms with Crippen molar-refractivity contribution in [3.8, 4) is 0 Å². The predicted octanol–water partition coefficient (Wildman–Crippen LogP) is 1.91. The van der Waals surface area contributed by atoms with Gasteiger partial charge in [0.1, 0.15) is 23.6 Å². The maximum absolute atomic E-state index is 13.7. The van der Waals surface area contributed by atoms with Gasteiger partial charge in [-0.05, 0) is 46.0 Å². The van der Waals surface area contributed by atoms with Crippen LogP contribution in [-0.2, 0) is 19.1 Å². The standard InChI is InChI=1S/C21H34FN3O5/c1-21(2,3)30-20(29)23-17(19(28)25-11-10-14(22)12-25)16(18(27)24(4)5)13-6-8-15(26)9-7-13/h13-14,16-17H,6-12H2,1-5H3,(H,23,29)/t14-,16-,17-/m0/s1. The Hall–Kier alpha value is -2.19. The van der Waals surface area contributed by atoms with Crippen LogP contribution in [0.15, 0.2) is 0 Å². The molecule has 0 aromatic carbocycles. The molecular weight excluding hydrogens is 393 g/mol. The second-order valence-electron chi connectivity index (χ2n) is 9.43. The highest BCUT2D eigenvalue weighted by Gasteiger charge is 2.45. The van der Waals surface area contributed by atoms with Crippen LogP contribution in [0, 0.1) is 11.8 Å². The molecule has 1 aliphatic heterocycles. The number of ether oxygens (including phenoxy) is 1. The number of ketones is 1. The molecule has 3 amide bonds. The molecule has 170 valence electrons. The highest BCUT2D eigenvalue weighted by Crippen LogP contribution is 2.33. The van der Waals surface area contributed by atoms with Crippen LogP contribution in [0.1, 0.15) is 52.9 Å². The summed E-state index contributed by atoms with van der Waals surface area (Å²) in [5, 5.41) is 2.60. The van der Waals surface area contributed by atoms with Gasteiger partial charge in [0.25, 0.3) is 0 Å². The quantitative estimate of drug-likeness (QED) is 0.723. The first kappa shape index (κ1) is 24.1. The molecule has 0 bridgehead atoms. The van der Waals surface area contributed by atoms with E-state index < -0.39 is 35.7 Å². The van der Waals surface area contributed by atoms with E-state index in [1.807, 2.05) is 0 Å². The Morgan fingerprint density at radius 2 is 1.77 bits per heavy atom. The van der Waals surface area contributed by atoms with Crippen LogP contribution in [0.2, 0.25) is 0 Å². The van der Waals surface area contributed by atoms with Gasteiger partial charge in [-0.1, -0.05) is 0 Å². The molecule has 0 aromatic rings. The lowest BCUT2D eigenvalue weighted by Crippen LogP contribution is -2.58. The SMILES string of the molecule is CN(C)C(=O)[C@@H](C1CCC(=O)CC1)[C@H](NC(=O)OC(C)(C)C)C(=O)N1CC[C@H](F)C1. The summed E-state index contributed by atoms with van der Waals surface area (Å²) < 4.78 is 19.1. The van der Waals surface area contributed by atoms with Crippen molar-refractivity contribution in [2.75, 3.05) is 27.2 Å². The van der Waals surface area contributed by atoms with Gasteiger partial charge in [0.05, 0.1) is 12.5 Å². The van der Waals surface area contributed by atoms with Gasteiger partial charge in [-0.3, -0.25) is 14.4 Å². The van der Waals surface area contributed by atoms with Crippen LogP contribution in [0.25, 0.3) is 0 Å². The average Bonchev–Trinajstić information content (AvgIpc) is 3.06. The number of hydrogen-bond acceptors (Lipinski definition) is 5. The van der Waals surface area contributed by atoms with Crippen LogP contribution in [0.5, 0.6) is 0 Å². The number of hydrogen-bond donors (Lipinski definition) is 1. The minimum absolute atomic E-state index is 0.0582. The molecule has 1 N–H and O–H groups in total. The third-order valence-electron chi connectivity index (χ3n) is 5.56. The first-order valence-electron chi connectivity index (χ1n) is 10.5. The molecule has 30 heavy (non-hydrogen) atoms. The van der Waals surface area contributed by atoms with E-state index in [2.05, 4.69) is 5.32 Å². The summed E-state index contributed by atoms with van der Waals surface area (Å²) in [6, 6.07) is -1.18. The number of alkyl carbamates (subject to hydrolysis) is 1. The number of Topliss-reactive ketones (excluding diaryl/α,β-unsaturated/α-hetero) is 1. The molecule has 0 unspecified atom stereocenters. The zero-order valence-corrected chi connectivity index (χ0v) is 18.6. The van der Waals surface area contributed by atoms with Gasteiger partial charge in [-0.25, -0.2) is 9.18 Å². The maximum atomic E-state index is 13.7. The van der Waals surface area contributed by atoms with E-state index >= 15 is 0 Å². The summed E-state index contributed by atoms with van der Waals surface area (Å²) in [5.74, 6) is -1.76. The molecule has 0 spiro atoms. The molecule has 8 nitrogen and oxygen atoms in total. The van der Waals surface area contributed by atoms with Crippen molar-refractivity contribution in [3.05, 3.63) is 0 Å². The number of carbonyl (C=O) groups excluding carboxylic acids is 4. The van der Waals surface area contributed by atoms with Crippen molar-refractivity contribution in [1.29, 1.82) is 0 Å². The zero-order chi connectivity index (χ0) is 22.6. The van der Waals surface area contributed by atoms with Crippen LogP contribution in [-0.4, -0.2) is 78.5 Å². The number of likely N-dealkylation sites (tertiary alicyclic amines) is 1. The Balaban J connectivity index is 2.35. The lowest BCUT2D eigenvalue weighted by Gasteiger charge is -2.37. The summed E-state index contributed by atoms with van der Waals surface area (Å²) in [7, 11) is 3.18. The Labute approximate surface area is 177 Å². The van der Waals surface area contributed by atoms with Crippen molar-refractivity contribution in [2.45, 2.75) is 70.7 Å². The molecule has 1 aliphatic carbocycles. The van der Waals surface area contributed by atoms with E-state index in [-0.39, 0.29) is 37.1 Å². The molecule has 9 heteroatoms. The number of alkyl halides is 1. The second kappa shape index (κ2) is 9.75. The molecule has 2 rings (SSSR count). The summed E-state index contributed by atoms with van der Waals surface area (Å²) in [6.45, 7) is 5.28. The Kier molecular flexibility index (Phi) is 7.82. The summed E-state index contributed by atoms with van der Waals surface area (Å²) in [6.07, 6.45) is -0.0818. The second-order valence-corrected chi connectivity index (χ2v) is 9.43. The zero-order valence-electron chi connectivity index (χ0n) is 18.6. The van der Waals surface area contributed by atoms with E-state index in [0.717, 1.165) is 0 Å². The number of nitrogens with one attached hydrogen (secondary N) is 1. The minimum atomic E-state index is -1.18. The fourth-order valence-electron chi connectivity index (χ4n) is 4.09. The fraction of sp³-hybridized carbons (Fsp3) is 0.810. The lowest BCUT2D eigenvalue weighted by atomic mass is 9.75. The number of rotatable bonds is 5. The van der Waals surface area contributed by atoms with Crippen LogP contribution >= 0.6 is 0 Å². The molecule has 1 saturated carbocycles. The third kappa shape index (κ3) is 6.40. The molecule has 1 saturated heterocycles. The lowest BCUT2D eigenvalue weighted by molar-refractivity contribution is -0.145. The van der Waals surface area contributed by atoms with E-state index in [1.165, 1.54) is 9.80 Å². The van der Waals surface area contributed by atoms with Gasteiger partial charge in [0.15, 0.2) is 0 Å². The highest BCUT2D eigenvalue weighted by atomic mass is 19.1. The maximum Gasteiger partial charge on any atom is 0.408 e. The van der Waals surface area contributed by atoms with Crippen molar-refractivity contribution >= 4 is 23.7 Å². The molecule has 0 radical (unpaired) electrons. The first-order chi connectivity index (χ1) is 13.9. The fourth-order valence-corrected chi connectivity index (χ4v) is 4.09. The highest BCUT2D eigenvalue weighted by molar-refractivity contribution is 5.93. The summed E-state index contributed by atoms with van der Waals surface area (Å²) in [4.78, 5) is 53.4. The number of nitrogens with zero attached hydrogens (tertiary/aromatic N) is 2. The Morgan fingerprint density at radius 3 is 2.23 bits per heavy atom. The monoisotopic (exact) mass is 427 g/mol. The molecule has 2 aliphatic rings. The van der Waals surface area contributed by atoms with Gasteiger partial charge in [0, 0.05) is 33.5 Å². The van der Waals surface area contributed by atoms with Crippen molar-refractivity contribution < 1.29 is 28.3 Å². The summed E-state index contributed by atoms with van der Waals surface area (Å²) in [5.41, 5.74) is -0.784. The topological polar surface area (TPSA) is 96.0 Å². The molecule has 2 fully saturated rings. The Morgan fingerprint density at radius 1 is 1.17 bits per heavy atom. The largest absolute Gasteiger partial charge is 0.444 e. The predicted molar refractivity (Wildman–Crippen MR) is 108 cm³/mol. The third-order valence-corrected chi connectivity index (χ3v) is 5.56. The minimum Gasteiger partial charge on any atom is -0.444 e. The molecular formula is C21H34FN3O5. The molecule has 1 heterocycles. The smallest absolute Gasteiger partial charge is 0.408 e. The van der Waals surface area contributed by atoms with E-state index in [0.29, 0.717) is 25.7 Å². The van der Waals surface area contributed by atoms with Crippen molar-refractivity contribution in [3.63, 3.8) is 0 Å². The van der Waals surface area contributed by atoms with E-state index in [4.69, 9.17) is 4.74 Å². The number of carbonyl (C=O) groups is 4. The number of halogens is 1. The van der Waals surface area contributed by atoms with Gasteiger partial charge in [-0.15, -0.1) is 0 Å². The average molecular weight is 428 g/mol. The molecule has 3 atom stereocenters.